The van der Waals surface area contributed by atoms with Gasteiger partial charge in [0.25, 0.3) is 0 Å². The first kappa shape index (κ1) is 26.6. The third-order valence-electron chi connectivity index (χ3n) is 7.47. The molecule has 3 amide bonds. The molecule has 4 aliphatic carbocycles. The molecule has 34 heavy (non-hydrogen) atoms. The average Bonchev–Trinajstić information content (AvgIpc) is 2.63. The zero-order valence-electron chi connectivity index (χ0n) is 22.1. The summed E-state index contributed by atoms with van der Waals surface area (Å²) in [5.74, 6) is 2.14. The number of alkyl carbamates (subject to hydrolysis) is 2. The molecule has 4 aliphatic rings. The SMILES string of the molecule is CC(NC(=O)C(CCNC(=O)OC(C)(C)C)NC(=O)OC(C)(C)C)C12CC3CC(CC(C3)C1)C2. The fourth-order valence-corrected chi connectivity index (χ4v) is 6.53. The lowest BCUT2D eigenvalue weighted by molar-refractivity contribution is -0.128. The predicted octanol–water partition coefficient (Wildman–Crippen LogP) is 4.52. The molecule has 2 atom stereocenters. The van der Waals surface area contributed by atoms with Gasteiger partial charge in [0.1, 0.15) is 17.2 Å². The van der Waals surface area contributed by atoms with Crippen LogP contribution in [0.2, 0.25) is 0 Å². The number of rotatable bonds is 7. The Bertz CT molecular complexity index is 732. The molecule has 0 aromatic carbocycles. The maximum absolute atomic E-state index is 13.3. The monoisotopic (exact) mass is 479 g/mol. The molecule has 0 saturated heterocycles. The smallest absolute Gasteiger partial charge is 0.408 e. The van der Waals surface area contributed by atoms with E-state index in [2.05, 4.69) is 22.9 Å². The van der Waals surface area contributed by atoms with Crippen LogP contribution in [0.1, 0.15) is 93.4 Å². The summed E-state index contributed by atoms with van der Waals surface area (Å²) in [4.78, 5) is 37.8. The van der Waals surface area contributed by atoms with Crippen LogP contribution in [0.3, 0.4) is 0 Å². The lowest BCUT2D eigenvalue weighted by Gasteiger charge is -2.59. The van der Waals surface area contributed by atoms with E-state index in [0.29, 0.717) is 0 Å². The molecule has 8 nitrogen and oxygen atoms in total. The molecule has 0 aliphatic heterocycles. The summed E-state index contributed by atoms with van der Waals surface area (Å²) in [6, 6.07) is -0.781. The Balaban J connectivity index is 1.61. The first-order chi connectivity index (χ1) is 15.6. The Morgan fingerprint density at radius 3 is 1.76 bits per heavy atom. The van der Waals surface area contributed by atoms with Gasteiger partial charge in [-0.25, -0.2) is 9.59 Å². The number of carbonyl (C=O) groups is 3. The predicted molar refractivity (Wildman–Crippen MR) is 130 cm³/mol. The van der Waals surface area contributed by atoms with Crippen molar-refractivity contribution in [3.63, 3.8) is 0 Å². The van der Waals surface area contributed by atoms with Crippen molar-refractivity contribution < 1.29 is 23.9 Å². The van der Waals surface area contributed by atoms with Crippen LogP contribution in [0.4, 0.5) is 9.59 Å². The minimum atomic E-state index is -0.818. The van der Waals surface area contributed by atoms with E-state index in [1.165, 1.54) is 38.5 Å². The van der Waals surface area contributed by atoms with Gasteiger partial charge in [0.15, 0.2) is 0 Å². The van der Waals surface area contributed by atoms with Crippen molar-refractivity contribution in [3.8, 4) is 0 Å². The standard InChI is InChI=1S/C26H45N3O5/c1-16(26-13-17-10-18(14-26)12-19(11-17)15-26)28-21(30)20(29-23(32)34-25(5,6)7)8-9-27-22(31)33-24(2,3)4/h16-20H,8-15H2,1-7H3,(H,27,31)(H,28,30)(H,29,32). The molecule has 194 valence electrons. The first-order valence-corrected chi connectivity index (χ1v) is 12.9. The maximum Gasteiger partial charge on any atom is 0.408 e. The summed E-state index contributed by atoms with van der Waals surface area (Å²) in [5, 5.41) is 8.61. The van der Waals surface area contributed by atoms with Crippen LogP contribution in [0.25, 0.3) is 0 Å². The molecular formula is C26H45N3O5. The van der Waals surface area contributed by atoms with E-state index in [4.69, 9.17) is 9.47 Å². The topological polar surface area (TPSA) is 106 Å². The van der Waals surface area contributed by atoms with Crippen LogP contribution in [-0.2, 0) is 14.3 Å². The number of nitrogens with one attached hydrogen (secondary N) is 3. The van der Waals surface area contributed by atoms with Gasteiger partial charge in [-0.1, -0.05) is 0 Å². The van der Waals surface area contributed by atoms with E-state index < -0.39 is 29.4 Å². The van der Waals surface area contributed by atoms with Gasteiger partial charge in [-0.2, -0.15) is 0 Å². The third-order valence-corrected chi connectivity index (χ3v) is 7.47. The Hall–Kier alpha value is -1.99. The van der Waals surface area contributed by atoms with E-state index in [1.807, 2.05) is 0 Å². The minimum Gasteiger partial charge on any atom is -0.444 e. The minimum absolute atomic E-state index is 0.0372. The van der Waals surface area contributed by atoms with Crippen LogP contribution < -0.4 is 16.0 Å². The maximum atomic E-state index is 13.3. The molecule has 4 bridgehead atoms. The second-order valence-electron chi connectivity index (χ2n) is 12.9. The normalized spacial score (nSPS) is 29.7. The van der Waals surface area contributed by atoms with Crippen molar-refractivity contribution in [3.05, 3.63) is 0 Å². The summed E-state index contributed by atoms with van der Waals surface area (Å²) < 4.78 is 10.6. The van der Waals surface area contributed by atoms with Gasteiger partial charge in [0, 0.05) is 12.6 Å². The third kappa shape index (κ3) is 7.25. The highest BCUT2D eigenvalue weighted by Crippen LogP contribution is 2.61. The van der Waals surface area contributed by atoms with E-state index in [1.54, 1.807) is 41.5 Å². The lowest BCUT2D eigenvalue weighted by Crippen LogP contribution is -2.58. The largest absolute Gasteiger partial charge is 0.444 e. The summed E-state index contributed by atoms with van der Waals surface area (Å²) in [5.41, 5.74) is -1.12. The summed E-state index contributed by atoms with van der Waals surface area (Å²) in [6.45, 7) is 13.0. The average molecular weight is 480 g/mol. The van der Waals surface area contributed by atoms with Gasteiger partial charge in [-0.15, -0.1) is 0 Å². The first-order valence-electron chi connectivity index (χ1n) is 12.9. The van der Waals surface area contributed by atoms with E-state index in [-0.39, 0.29) is 30.3 Å². The van der Waals surface area contributed by atoms with Gasteiger partial charge >= 0.3 is 12.2 Å². The fraction of sp³-hybridized carbons (Fsp3) is 0.885. The second kappa shape index (κ2) is 9.94. The molecule has 0 aromatic heterocycles. The number of hydrogen-bond donors (Lipinski definition) is 3. The molecule has 3 N–H and O–H groups in total. The number of ether oxygens (including phenoxy) is 2. The number of carbonyl (C=O) groups excluding carboxylic acids is 3. The molecule has 0 spiro atoms. The molecule has 2 unspecified atom stereocenters. The molecule has 4 fully saturated rings. The van der Waals surface area contributed by atoms with Crippen molar-refractivity contribution in [1.29, 1.82) is 0 Å². The Morgan fingerprint density at radius 2 is 1.29 bits per heavy atom. The Morgan fingerprint density at radius 1 is 0.824 bits per heavy atom. The Kier molecular flexibility index (Phi) is 7.78. The van der Waals surface area contributed by atoms with Crippen molar-refractivity contribution in [2.75, 3.05) is 6.54 Å². The highest BCUT2D eigenvalue weighted by atomic mass is 16.6. The number of amides is 3. The zero-order valence-corrected chi connectivity index (χ0v) is 22.1. The van der Waals surface area contributed by atoms with Crippen LogP contribution in [-0.4, -0.2) is 47.9 Å². The van der Waals surface area contributed by atoms with Crippen molar-refractivity contribution >= 4 is 18.1 Å². The van der Waals surface area contributed by atoms with E-state index in [0.717, 1.165) is 17.8 Å². The highest BCUT2D eigenvalue weighted by Gasteiger charge is 2.53. The summed E-state index contributed by atoms with van der Waals surface area (Å²) in [6.07, 6.45) is 6.63. The van der Waals surface area contributed by atoms with E-state index in [9.17, 15) is 14.4 Å². The van der Waals surface area contributed by atoms with Gasteiger partial charge < -0.3 is 25.4 Å². The summed E-state index contributed by atoms with van der Waals surface area (Å²) in [7, 11) is 0. The van der Waals surface area contributed by atoms with Crippen molar-refractivity contribution in [2.45, 2.75) is 117 Å². The van der Waals surface area contributed by atoms with Crippen molar-refractivity contribution in [1.82, 2.24) is 16.0 Å². The molecule has 4 rings (SSSR count). The lowest BCUT2D eigenvalue weighted by atomic mass is 9.48. The van der Waals surface area contributed by atoms with Gasteiger partial charge in [-0.3, -0.25) is 4.79 Å². The van der Waals surface area contributed by atoms with Gasteiger partial charge in [-0.05, 0) is 117 Å². The molecule has 4 saturated carbocycles. The van der Waals surface area contributed by atoms with Crippen LogP contribution in [0, 0.1) is 23.2 Å². The highest BCUT2D eigenvalue weighted by molar-refractivity contribution is 5.86. The van der Waals surface area contributed by atoms with Crippen molar-refractivity contribution in [2.24, 2.45) is 23.2 Å². The molecule has 0 heterocycles. The second-order valence-corrected chi connectivity index (χ2v) is 12.9. The number of hydrogen-bond acceptors (Lipinski definition) is 5. The fourth-order valence-electron chi connectivity index (χ4n) is 6.53. The van der Waals surface area contributed by atoms with E-state index >= 15 is 0 Å². The molecular weight excluding hydrogens is 434 g/mol. The van der Waals surface area contributed by atoms with Gasteiger partial charge in [0.05, 0.1) is 0 Å². The molecule has 0 aromatic rings. The molecule has 0 radical (unpaired) electrons. The van der Waals surface area contributed by atoms with Gasteiger partial charge in [0.2, 0.25) is 5.91 Å². The van der Waals surface area contributed by atoms with Crippen LogP contribution in [0.5, 0.6) is 0 Å². The van der Waals surface area contributed by atoms with Crippen LogP contribution >= 0.6 is 0 Å². The quantitative estimate of drug-likeness (QED) is 0.498. The zero-order chi connectivity index (χ0) is 25.3. The molecule has 8 heteroatoms. The summed E-state index contributed by atoms with van der Waals surface area (Å²) >= 11 is 0. The Labute approximate surface area is 204 Å². The van der Waals surface area contributed by atoms with Crippen LogP contribution in [0.15, 0.2) is 0 Å².